The Morgan fingerprint density at radius 3 is 2.83 bits per heavy atom. The van der Waals surface area contributed by atoms with Crippen molar-refractivity contribution in [3.63, 3.8) is 0 Å². The zero-order valence-electron chi connectivity index (χ0n) is 6.87. The number of aliphatic hydroxyl groups is 1. The van der Waals surface area contributed by atoms with E-state index in [1.807, 2.05) is 24.5 Å². The van der Waals surface area contributed by atoms with E-state index >= 15 is 0 Å². The second-order valence-electron chi connectivity index (χ2n) is 2.30. The zero-order chi connectivity index (χ0) is 8.97. The molecule has 0 atom stereocenters. The van der Waals surface area contributed by atoms with Gasteiger partial charge in [0.1, 0.15) is 0 Å². The average molecular weight is 178 g/mol. The second kappa shape index (κ2) is 4.20. The second-order valence-corrected chi connectivity index (χ2v) is 3.14. The van der Waals surface area contributed by atoms with Crippen LogP contribution >= 0.6 is 11.8 Å². The van der Waals surface area contributed by atoms with E-state index in [4.69, 9.17) is 11.5 Å². The first-order chi connectivity index (χ1) is 5.83. The molecule has 0 amide bonds. The highest BCUT2D eigenvalue weighted by molar-refractivity contribution is 7.98. The maximum Gasteiger partial charge on any atom is 0.0694 e. The minimum atomic E-state index is 0.00787. The average Bonchev–Trinajstić information content (AvgIpc) is 2.16. The van der Waals surface area contributed by atoms with E-state index in [0.29, 0.717) is 0 Å². The zero-order valence-corrected chi connectivity index (χ0v) is 7.69. The van der Waals surface area contributed by atoms with Gasteiger partial charge in [-0.25, -0.2) is 0 Å². The van der Waals surface area contributed by atoms with Gasteiger partial charge < -0.3 is 5.11 Å². The molecule has 0 unspecified atom stereocenters. The molecule has 0 spiro atoms. The molecule has 0 aliphatic rings. The molecule has 2 heteroatoms. The normalized spacial score (nSPS) is 9.42. The summed E-state index contributed by atoms with van der Waals surface area (Å²) in [7, 11) is 0. The van der Waals surface area contributed by atoms with Crippen molar-refractivity contribution in [3.05, 3.63) is 29.3 Å². The summed E-state index contributed by atoms with van der Waals surface area (Å²) >= 11 is 1.60. The summed E-state index contributed by atoms with van der Waals surface area (Å²) in [4.78, 5) is 1.05. The molecule has 0 saturated carbocycles. The number of thioether (sulfide) groups is 1. The van der Waals surface area contributed by atoms with Gasteiger partial charge in [-0.1, -0.05) is 18.1 Å². The van der Waals surface area contributed by atoms with Crippen molar-refractivity contribution in [2.24, 2.45) is 0 Å². The lowest BCUT2D eigenvalue weighted by Gasteiger charge is -2.04. The Labute approximate surface area is 76.8 Å². The van der Waals surface area contributed by atoms with E-state index in [1.54, 1.807) is 11.8 Å². The lowest BCUT2D eigenvalue weighted by atomic mass is 10.1. The first-order valence-electron chi connectivity index (χ1n) is 3.56. The van der Waals surface area contributed by atoms with Crippen LogP contribution in [-0.2, 0) is 6.61 Å². The number of hydrogen-bond donors (Lipinski definition) is 1. The van der Waals surface area contributed by atoms with Crippen LogP contribution in [0.2, 0.25) is 0 Å². The fourth-order valence-electron chi connectivity index (χ4n) is 1.04. The van der Waals surface area contributed by atoms with Gasteiger partial charge in [-0.05, 0) is 17.9 Å². The van der Waals surface area contributed by atoms with Gasteiger partial charge in [0.05, 0.1) is 6.61 Å². The predicted octanol–water partition coefficient (Wildman–Crippen LogP) is 1.88. The molecule has 0 fully saturated rings. The third kappa shape index (κ3) is 1.63. The summed E-state index contributed by atoms with van der Waals surface area (Å²) < 4.78 is 0. The van der Waals surface area contributed by atoms with Gasteiger partial charge in [0.2, 0.25) is 0 Å². The molecule has 1 nitrogen and oxygen atoms in total. The van der Waals surface area contributed by atoms with Crippen LogP contribution in [0.1, 0.15) is 11.1 Å². The molecule has 0 saturated heterocycles. The van der Waals surface area contributed by atoms with Crippen molar-refractivity contribution in [1.82, 2.24) is 0 Å². The third-order valence-electron chi connectivity index (χ3n) is 1.65. The molecule has 12 heavy (non-hydrogen) atoms. The largest absolute Gasteiger partial charge is 0.392 e. The number of rotatable bonds is 2. The maximum atomic E-state index is 8.96. The third-order valence-corrected chi connectivity index (χ3v) is 2.43. The predicted molar refractivity (Wildman–Crippen MR) is 52.1 cm³/mol. The first kappa shape index (κ1) is 9.18. The Morgan fingerprint density at radius 1 is 1.58 bits per heavy atom. The van der Waals surface area contributed by atoms with Crippen molar-refractivity contribution in [3.8, 4) is 12.3 Å². The highest BCUT2D eigenvalue weighted by atomic mass is 32.2. The highest BCUT2D eigenvalue weighted by Crippen LogP contribution is 2.22. The minimum Gasteiger partial charge on any atom is -0.392 e. The van der Waals surface area contributed by atoms with Crippen LogP contribution < -0.4 is 0 Å². The quantitative estimate of drug-likeness (QED) is 0.551. The summed E-state index contributed by atoms with van der Waals surface area (Å²) in [6, 6.07) is 5.70. The first-order valence-corrected chi connectivity index (χ1v) is 4.79. The van der Waals surface area contributed by atoms with Crippen LogP contribution in [0.4, 0.5) is 0 Å². The van der Waals surface area contributed by atoms with E-state index in [0.717, 1.165) is 16.0 Å². The number of terminal acetylenes is 1. The molecule has 0 bridgehead atoms. The van der Waals surface area contributed by atoms with Crippen LogP contribution in [0.5, 0.6) is 0 Å². The lowest BCUT2D eigenvalue weighted by Crippen LogP contribution is -1.90. The minimum absolute atomic E-state index is 0.00787. The van der Waals surface area contributed by atoms with Gasteiger partial charge in [0.15, 0.2) is 0 Å². The van der Waals surface area contributed by atoms with Crippen molar-refractivity contribution >= 4 is 11.8 Å². The van der Waals surface area contributed by atoms with Crippen molar-refractivity contribution in [2.45, 2.75) is 11.5 Å². The van der Waals surface area contributed by atoms with Gasteiger partial charge in [-0.15, -0.1) is 18.2 Å². The standard InChI is InChI=1S/C10H10OS/c1-3-9-8(7-11)5-4-6-10(9)12-2/h1,4-6,11H,7H2,2H3. The SMILES string of the molecule is C#Cc1c(CO)cccc1SC. The van der Waals surface area contributed by atoms with Crippen molar-refractivity contribution < 1.29 is 5.11 Å². The van der Waals surface area contributed by atoms with Crippen LogP contribution in [0.15, 0.2) is 23.1 Å². The fraction of sp³-hybridized carbons (Fsp3) is 0.200. The summed E-state index contributed by atoms with van der Waals surface area (Å²) in [6.45, 7) is 0.00787. The smallest absolute Gasteiger partial charge is 0.0694 e. The number of hydrogen-bond acceptors (Lipinski definition) is 2. The summed E-state index contributed by atoms with van der Waals surface area (Å²) in [5.74, 6) is 2.59. The summed E-state index contributed by atoms with van der Waals surface area (Å²) in [5.41, 5.74) is 1.64. The molecule has 0 aromatic heterocycles. The Morgan fingerprint density at radius 2 is 2.33 bits per heavy atom. The van der Waals surface area contributed by atoms with Gasteiger partial charge in [-0.2, -0.15) is 0 Å². The molecule has 0 aliphatic heterocycles. The topological polar surface area (TPSA) is 20.2 Å². The fourth-order valence-corrected chi connectivity index (χ4v) is 1.65. The molecule has 1 aromatic carbocycles. The van der Waals surface area contributed by atoms with E-state index in [9.17, 15) is 0 Å². The molecule has 1 N–H and O–H groups in total. The van der Waals surface area contributed by atoms with E-state index in [2.05, 4.69) is 5.92 Å². The van der Waals surface area contributed by atoms with Gasteiger partial charge in [0, 0.05) is 10.5 Å². The molecule has 62 valence electrons. The molecule has 0 heterocycles. The summed E-state index contributed by atoms with van der Waals surface area (Å²) in [5, 5.41) is 8.96. The lowest BCUT2D eigenvalue weighted by molar-refractivity contribution is 0.281. The Hall–Kier alpha value is -0.910. The Kier molecular flexibility index (Phi) is 3.21. The number of benzene rings is 1. The van der Waals surface area contributed by atoms with Crippen LogP contribution in [0, 0.1) is 12.3 Å². The maximum absolute atomic E-state index is 8.96. The monoisotopic (exact) mass is 178 g/mol. The highest BCUT2D eigenvalue weighted by Gasteiger charge is 2.02. The van der Waals surface area contributed by atoms with Crippen LogP contribution in [0.3, 0.4) is 0 Å². The van der Waals surface area contributed by atoms with E-state index < -0.39 is 0 Å². The van der Waals surface area contributed by atoms with Gasteiger partial charge in [-0.3, -0.25) is 0 Å². The molecule has 0 aliphatic carbocycles. The molecular formula is C10H10OS. The van der Waals surface area contributed by atoms with Gasteiger partial charge >= 0.3 is 0 Å². The van der Waals surface area contributed by atoms with Crippen LogP contribution in [0.25, 0.3) is 0 Å². The Bertz CT molecular complexity index is 290. The Balaban J connectivity index is 3.25. The number of aliphatic hydroxyl groups excluding tert-OH is 1. The molecule has 0 radical (unpaired) electrons. The molecular weight excluding hydrogens is 168 g/mol. The van der Waals surface area contributed by atoms with E-state index in [-0.39, 0.29) is 6.61 Å². The van der Waals surface area contributed by atoms with E-state index in [1.165, 1.54) is 0 Å². The van der Waals surface area contributed by atoms with Crippen molar-refractivity contribution in [1.29, 1.82) is 0 Å². The van der Waals surface area contributed by atoms with Crippen molar-refractivity contribution in [2.75, 3.05) is 6.26 Å². The molecule has 1 aromatic rings. The van der Waals surface area contributed by atoms with Gasteiger partial charge in [0.25, 0.3) is 0 Å². The molecule has 1 rings (SSSR count). The summed E-state index contributed by atoms with van der Waals surface area (Å²) in [6.07, 6.45) is 7.30. The van der Waals surface area contributed by atoms with Crippen LogP contribution in [-0.4, -0.2) is 11.4 Å².